The van der Waals surface area contributed by atoms with Crippen molar-refractivity contribution in [3.8, 4) is 5.75 Å². The maximum atomic E-state index is 5.91. The van der Waals surface area contributed by atoms with Crippen LogP contribution < -0.4 is 10.1 Å². The second kappa shape index (κ2) is 8.23. The monoisotopic (exact) mass is 360 g/mol. The number of benzene rings is 1. The van der Waals surface area contributed by atoms with Crippen LogP contribution in [0.5, 0.6) is 5.75 Å². The predicted molar refractivity (Wildman–Crippen MR) is 87.7 cm³/mol. The Hall–Kier alpha value is -0.290. The van der Waals surface area contributed by atoms with Gasteiger partial charge in [0.15, 0.2) is 0 Å². The van der Waals surface area contributed by atoms with E-state index in [9.17, 15) is 0 Å². The standard InChI is InChI=1S/C15H22BrClN2O/c1-19(11-12-3-2-6-18-10-12)7-8-20-15-5-4-13(17)9-14(15)16/h4-5,9,12,18H,2-3,6-8,10-11H2,1H3. The van der Waals surface area contributed by atoms with Crippen LogP contribution in [0.25, 0.3) is 0 Å². The molecule has 1 heterocycles. The highest BCUT2D eigenvalue weighted by Crippen LogP contribution is 2.27. The van der Waals surface area contributed by atoms with E-state index in [2.05, 4.69) is 33.2 Å². The summed E-state index contributed by atoms with van der Waals surface area (Å²) >= 11 is 9.37. The van der Waals surface area contributed by atoms with Crippen molar-refractivity contribution in [2.24, 2.45) is 5.92 Å². The highest BCUT2D eigenvalue weighted by atomic mass is 79.9. The molecule has 1 N–H and O–H groups in total. The highest BCUT2D eigenvalue weighted by molar-refractivity contribution is 9.10. The summed E-state index contributed by atoms with van der Waals surface area (Å²) in [4.78, 5) is 2.35. The average molecular weight is 362 g/mol. The minimum Gasteiger partial charge on any atom is -0.491 e. The number of hydrogen-bond donors (Lipinski definition) is 1. The molecule has 1 aliphatic rings. The summed E-state index contributed by atoms with van der Waals surface area (Å²) in [7, 11) is 2.16. The zero-order valence-electron chi connectivity index (χ0n) is 11.9. The molecule has 0 aliphatic carbocycles. The van der Waals surface area contributed by atoms with Crippen LogP contribution in [0.1, 0.15) is 12.8 Å². The molecule has 112 valence electrons. The first-order chi connectivity index (χ1) is 9.65. The van der Waals surface area contributed by atoms with E-state index in [1.807, 2.05) is 18.2 Å². The third kappa shape index (κ3) is 5.24. The molecular weight excluding hydrogens is 340 g/mol. The van der Waals surface area contributed by atoms with Crippen molar-refractivity contribution in [2.75, 3.05) is 39.8 Å². The van der Waals surface area contributed by atoms with Crippen LogP contribution in [0.3, 0.4) is 0 Å². The topological polar surface area (TPSA) is 24.5 Å². The number of hydrogen-bond acceptors (Lipinski definition) is 3. The molecule has 5 heteroatoms. The molecular formula is C15H22BrClN2O. The summed E-state index contributed by atoms with van der Waals surface area (Å²) in [6.45, 7) is 5.09. The molecule has 0 amide bonds. The van der Waals surface area contributed by atoms with Gasteiger partial charge in [0.05, 0.1) is 4.47 Å². The Morgan fingerprint density at radius 2 is 2.35 bits per heavy atom. The first-order valence-corrected chi connectivity index (χ1v) is 8.29. The van der Waals surface area contributed by atoms with Gasteiger partial charge in [-0.05, 0) is 73.0 Å². The average Bonchev–Trinajstić information content (AvgIpc) is 2.42. The van der Waals surface area contributed by atoms with E-state index in [4.69, 9.17) is 16.3 Å². The molecule has 0 bridgehead atoms. The molecule has 1 unspecified atom stereocenters. The Kier molecular flexibility index (Phi) is 6.62. The van der Waals surface area contributed by atoms with Crippen LogP contribution in [0.2, 0.25) is 5.02 Å². The molecule has 1 saturated heterocycles. The van der Waals surface area contributed by atoms with Crippen LogP contribution >= 0.6 is 27.5 Å². The Morgan fingerprint density at radius 1 is 1.50 bits per heavy atom. The van der Waals surface area contributed by atoms with Crippen LogP contribution in [0.4, 0.5) is 0 Å². The van der Waals surface area contributed by atoms with Crippen molar-refractivity contribution < 1.29 is 4.74 Å². The first kappa shape index (κ1) is 16.1. The van der Waals surface area contributed by atoms with Gasteiger partial charge in [-0.2, -0.15) is 0 Å². The van der Waals surface area contributed by atoms with E-state index in [-0.39, 0.29) is 0 Å². The van der Waals surface area contributed by atoms with Gasteiger partial charge < -0.3 is 15.0 Å². The van der Waals surface area contributed by atoms with E-state index in [1.54, 1.807) is 0 Å². The van der Waals surface area contributed by atoms with E-state index >= 15 is 0 Å². The van der Waals surface area contributed by atoms with Gasteiger partial charge in [-0.15, -0.1) is 0 Å². The predicted octanol–water partition coefficient (Wildman–Crippen LogP) is 3.41. The maximum Gasteiger partial charge on any atom is 0.133 e. The summed E-state index contributed by atoms with van der Waals surface area (Å²) in [5, 5.41) is 4.17. The number of ether oxygens (including phenoxy) is 1. The van der Waals surface area contributed by atoms with Gasteiger partial charge in [0.25, 0.3) is 0 Å². The lowest BCUT2D eigenvalue weighted by Gasteiger charge is -2.27. The molecule has 0 spiro atoms. The van der Waals surface area contributed by atoms with Crippen molar-refractivity contribution in [1.29, 1.82) is 0 Å². The Labute approximate surface area is 134 Å². The number of rotatable bonds is 6. The molecule has 20 heavy (non-hydrogen) atoms. The second-order valence-corrected chi connectivity index (χ2v) is 6.69. The molecule has 1 aliphatic heterocycles. The molecule has 1 aromatic carbocycles. The van der Waals surface area contributed by atoms with Crippen LogP contribution in [0, 0.1) is 5.92 Å². The molecule has 0 saturated carbocycles. The van der Waals surface area contributed by atoms with Crippen LogP contribution in [0.15, 0.2) is 22.7 Å². The third-order valence-corrected chi connectivity index (χ3v) is 4.45. The lowest BCUT2D eigenvalue weighted by Crippen LogP contribution is -2.38. The van der Waals surface area contributed by atoms with Gasteiger partial charge >= 0.3 is 0 Å². The number of halogens is 2. The molecule has 0 aromatic heterocycles. The lowest BCUT2D eigenvalue weighted by molar-refractivity contribution is 0.200. The van der Waals surface area contributed by atoms with E-state index in [0.717, 1.165) is 35.8 Å². The second-order valence-electron chi connectivity index (χ2n) is 5.40. The van der Waals surface area contributed by atoms with Crippen molar-refractivity contribution in [3.05, 3.63) is 27.7 Å². The molecule has 1 aromatic rings. The largest absolute Gasteiger partial charge is 0.491 e. The number of nitrogens with one attached hydrogen (secondary N) is 1. The van der Waals surface area contributed by atoms with Gasteiger partial charge in [0, 0.05) is 18.1 Å². The smallest absolute Gasteiger partial charge is 0.133 e. The number of likely N-dealkylation sites (N-methyl/N-ethyl adjacent to an activating group) is 1. The van der Waals surface area contributed by atoms with Crippen molar-refractivity contribution >= 4 is 27.5 Å². The van der Waals surface area contributed by atoms with E-state index in [1.165, 1.54) is 19.4 Å². The summed E-state index contributed by atoms with van der Waals surface area (Å²) < 4.78 is 6.70. The van der Waals surface area contributed by atoms with Gasteiger partial charge in [-0.25, -0.2) is 0 Å². The van der Waals surface area contributed by atoms with Gasteiger partial charge in [-0.3, -0.25) is 0 Å². The highest BCUT2D eigenvalue weighted by Gasteiger charge is 2.14. The van der Waals surface area contributed by atoms with E-state index in [0.29, 0.717) is 11.6 Å². The number of nitrogens with zero attached hydrogens (tertiary/aromatic N) is 1. The van der Waals surface area contributed by atoms with E-state index < -0.39 is 0 Å². The maximum absolute atomic E-state index is 5.91. The molecule has 1 atom stereocenters. The summed E-state index contributed by atoms with van der Waals surface area (Å²) in [5.41, 5.74) is 0. The molecule has 3 nitrogen and oxygen atoms in total. The quantitative estimate of drug-likeness (QED) is 0.840. The fourth-order valence-electron chi connectivity index (χ4n) is 2.52. The fourth-order valence-corrected chi connectivity index (χ4v) is 3.31. The van der Waals surface area contributed by atoms with Gasteiger partial charge in [-0.1, -0.05) is 11.6 Å². The molecule has 0 radical (unpaired) electrons. The first-order valence-electron chi connectivity index (χ1n) is 7.12. The van der Waals surface area contributed by atoms with Gasteiger partial charge in [0.2, 0.25) is 0 Å². The zero-order valence-corrected chi connectivity index (χ0v) is 14.2. The Bertz CT molecular complexity index is 424. The normalized spacial score (nSPS) is 19.3. The SMILES string of the molecule is CN(CCOc1ccc(Cl)cc1Br)CC1CCCNC1. The van der Waals surface area contributed by atoms with Crippen molar-refractivity contribution in [2.45, 2.75) is 12.8 Å². The minimum absolute atomic E-state index is 0.691. The molecule has 1 fully saturated rings. The summed E-state index contributed by atoms with van der Waals surface area (Å²) in [6.07, 6.45) is 2.63. The third-order valence-electron chi connectivity index (χ3n) is 3.59. The number of piperidine rings is 1. The minimum atomic E-state index is 0.691. The van der Waals surface area contributed by atoms with Crippen LogP contribution in [-0.2, 0) is 0 Å². The lowest BCUT2D eigenvalue weighted by atomic mass is 9.99. The Morgan fingerprint density at radius 3 is 3.05 bits per heavy atom. The summed E-state index contributed by atoms with van der Waals surface area (Å²) in [6, 6.07) is 5.60. The van der Waals surface area contributed by atoms with Crippen molar-refractivity contribution in [3.63, 3.8) is 0 Å². The summed E-state index contributed by atoms with van der Waals surface area (Å²) in [5.74, 6) is 1.62. The molecule has 2 rings (SSSR count). The van der Waals surface area contributed by atoms with Gasteiger partial charge in [0.1, 0.15) is 12.4 Å². The van der Waals surface area contributed by atoms with Crippen molar-refractivity contribution in [1.82, 2.24) is 10.2 Å². The Balaban J connectivity index is 1.69. The zero-order chi connectivity index (χ0) is 14.4. The fraction of sp³-hybridized carbons (Fsp3) is 0.600. The van der Waals surface area contributed by atoms with Crippen LogP contribution in [-0.4, -0.2) is 44.7 Å².